The second-order valence-corrected chi connectivity index (χ2v) is 7.06. The summed E-state index contributed by atoms with van der Waals surface area (Å²) in [4.78, 5) is 15.7. The van der Waals surface area contributed by atoms with Crippen LogP contribution in [0.25, 0.3) is 0 Å². The van der Waals surface area contributed by atoms with Crippen LogP contribution in [0.3, 0.4) is 0 Å². The first-order valence-corrected chi connectivity index (χ1v) is 7.75. The Balaban J connectivity index is 2.17. The van der Waals surface area contributed by atoms with E-state index < -0.39 is 11.4 Å². The van der Waals surface area contributed by atoms with Gasteiger partial charge in [-0.05, 0) is 32.4 Å². The van der Waals surface area contributed by atoms with Crippen LogP contribution in [-0.2, 0) is 10.2 Å². The van der Waals surface area contributed by atoms with Gasteiger partial charge in [-0.1, -0.05) is 6.42 Å². The molecule has 1 N–H and O–H groups in total. The maximum atomic E-state index is 11.2. The molecule has 0 spiro atoms. The number of thioether (sulfide) groups is 1. The molecule has 94 valence electrons. The molecule has 2 heterocycles. The number of rotatable bonds is 3. The molecule has 5 heteroatoms. The van der Waals surface area contributed by atoms with Gasteiger partial charge in [-0.3, -0.25) is 4.79 Å². The standard InChI is InChI=1S/C12H17NO2S2/c1-12(2,11(14)15)9-7-17-10(13-9)8-5-3-4-6-16-8/h7-8H,3-6H2,1-2H3,(H,14,15). The van der Waals surface area contributed by atoms with Gasteiger partial charge in [0.05, 0.1) is 10.9 Å². The minimum Gasteiger partial charge on any atom is -0.481 e. The Kier molecular flexibility index (Phi) is 3.78. The van der Waals surface area contributed by atoms with Crippen molar-refractivity contribution in [3.63, 3.8) is 0 Å². The van der Waals surface area contributed by atoms with Crippen molar-refractivity contribution in [3.8, 4) is 0 Å². The lowest BCUT2D eigenvalue weighted by molar-refractivity contribution is -0.142. The molecule has 0 saturated carbocycles. The molecule has 1 aromatic rings. The number of nitrogens with zero attached hydrogens (tertiary/aromatic N) is 1. The highest BCUT2D eigenvalue weighted by atomic mass is 32.2. The van der Waals surface area contributed by atoms with Gasteiger partial charge in [0, 0.05) is 5.38 Å². The van der Waals surface area contributed by atoms with Crippen molar-refractivity contribution in [1.82, 2.24) is 4.98 Å². The molecule has 17 heavy (non-hydrogen) atoms. The summed E-state index contributed by atoms with van der Waals surface area (Å²) in [7, 11) is 0. The molecule has 1 unspecified atom stereocenters. The Morgan fingerprint density at radius 2 is 2.29 bits per heavy atom. The van der Waals surface area contributed by atoms with Crippen molar-refractivity contribution in [2.45, 2.75) is 43.8 Å². The highest BCUT2D eigenvalue weighted by Gasteiger charge is 2.33. The first-order chi connectivity index (χ1) is 8.01. The summed E-state index contributed by atoms with van der Waals surface area (Å²) in [5.41, 5.74) is -0.190. The molecule has 3 nitrogen and oxygen atoms in total. The predicted octanol–water partition coefficient (Wildman–Crippen LogP) is 3.46. The van der Waals surface area contributed by atoms with Crippen LogP contribution in [0.5, 0.6) is 0 Å². The monoisotopic (exact) mass is 271 g/mol. The van der Waals surface area contributed by atoms with E-state index in [1.165, 1.54) is 25.0 Å². The zero-order valence-corrected chi connectivity index (χ0v) is 11.7. The van der Waals surface area contributed by atoms with Crippen LogP contribution < -0.4 is 0 Å². The zero-order chi connectivity index (χ0) is 12.5. The summed E-state index contributed by atoms with van der Waals surface area (Å²) >= 11 is 3.55. The summed E-state index contributed by atoms with van der Waals surface area (Å²) in [6.45, 7) is 3.42. The van der Waals surface area contributed by atoms with E-state index in [1.54, 1.807) is 25.2 Å². The van der Waals surface area contributed by atoms with E-state index in [1.807, 2.05) is 17.1 Å². The average Bonchev–Trinajstić information content (AvgIpc) is 2.80. The third-order valence-corrected chi connectivity index (χ3v) is 5.65. The quantitative estimate of drug-likeness (QED) is 0.914. The van der Waals surface area contributed by atoms with Gasteiger partial charge in [0.1, 0.15) is 10.4 Å². The van der Waals surface area contributed by atoms with E-state index in [-0.39, 0.29) is 0 Å². The lowest BCUT2D eigenvalue weighted by atomic mass is 9.90. The second kappa shape index (κ2) is 4.98. The first kappa shape index (κ1) is 12.9. The van der Waals surface area contributed by atoms with Crippen molar-refractivity contribution in [2.24, 2.45) is 0 Å². The van der Waals surface area contributed by atoms with Gasteiger partial charge >= 0.3 is 5.97 Å². The molecule has 0 radical (unpaired) electrons. The van der Waals surface area contributed by atoms with E-state index in [9.17, 15) is 9.90 Å². The first-order valence-electron chi connectivity index (χ1n) is 5.82. The maximum absolute atomic E-state index is 11.2. The number of hydrogen-bond acceptors (Lipinski definition) is 4. The Bertz CT molecular complexity index is 408. The number of aliphatic carboxylic acids is 1. The van der Waals surface area contributed by atoms with Gasteiger partial charge in [0.25, 0.3) is 0 Å². The molecule has 1 saturated heterocycles. The molecule has 0 bridgehead atoms. The van der Waals surface area contributed by atoms with Crippen molar-refractivity contribution < 1.29 is 9.90 Å². The third kappa shape index (κ3) is 2.65. The molecule has 1 aliphatic rings. The smallest absolute Gasteiger partial charge is 0.315 e. The summed E-state index contributed by atoms with van der Waals surface area (Å²) in [6.07, 6.45) is 3.72. The normalized spacial score (nSPS) is 21.4. The second-order valence-electron chi connectivity index (χ2n) is 4.86. The van der Waals surface area contributed by atoms with Crippen LogP contribution in [0.4, 0.5) is 0 Å². The van der Waals surface area contributed by atoms with Gasteiger partial charge in [0.15, 0.2) is 0 Å². The van der Waals surface area contributed by atoms with Gasteiger partial charge < -0.3 is 5.11 Å². The molecule has 0 aliphatic carbocycles. The minimum atomic E-state index is -0.881. The number of carboxylic acid groups (broad SMARTS) is 1. The molecular formula is C12H17NO2S2. The van der Waals surface area contributed by atoms with Crippen LogP contribution in [0.1, 0.15) is 49.1 Å². The molecular weight excluding hydrogens is 254 g/mol. The van der Waals surface area contributed by atoms with Crippen LogP contribution in [0.2, 0.25) is 0 Å². The molecule has 0 aromatic carbocycles. The van der Waals surface area contributed by atoms with Gasteiger partial charge in [-0.2, -0.15) is 11.8 Å². The number of carboxylic acids is 1. The fraction of sp³-hybridized carbons (Fsp3) is 0.667. The Hall–Kier alpha value is -0.550. The van der Waals surface area contributed by atoms with Crippen molar-refractivity contribution >= 4 is 29.1 Å². The third-order valence-electron chi connectivity index (χ3n) is 3.15. The lowest BCUT2D eigenvalue weighted by Gasteiger charge is -2.19. The lowest BCUT2D eigenvalue weighted by Crippen LogP contribution is -2.28. The predicted molar refractivity (Wildman–Crippen MR) is 71.8 cm³/mol. The Morgan fingerprint density at radius 1 is 1.53 bits per heavy atom. The largest absolute Gasteiger partial charge is 0.481 e. The van der Waals surface area contributed by atoms with Crippen LogP contribution in [-0.4, -0.2) is 21.8 Å². The maximum Gasteiger partial charge on any atom is 0.315 e. The average molecular weight is 271 g/mol. The number of hydrogen-bond donors (Lipinski definition) is 1. The van der Waals surface area contributed by atoms with Gasteiger partial charge in [-0.25, -0.2) is 4.98 Å². The number of carbonyl (C=O) groups is 1. The number of thiazole rings is 1. The Morgan fingerprint density at radius 3 is 2.88 bits per heavy atom. The summed E-state index contributed by atoms with van der Waals surface area (Å²) < 4.78 is 0. The van der Waals surface area contributed by atoms with E-state index >= 15 is 0 Å². The summed E-state index contributed by atoms with van der Waals surface area (Å²) in [5.74, 6) is 0.382. The van der Waals surface area contributed by atoms with E-state index in [0.717, 1.165) is 5.01 Å². The summed E-state index contributed by atoms with van der Waals surface area (Å²) in [6, 6.07) is 0. The fourth-order valence-corrected chi connectivity index (χ4v) is 4.32. The molecule has 0 amide bonds. The zero-order valence-electron chi connectivity index (χ0n) is 10.1. The van der Waals surface area contributed by atoms with Gasteiger partial charge in [0.2, 0.25) is 0 Å². The number of aromatic nitrogens is 1. The fourth-order valence-electron chi connectivity index (χ4n) is 1.77. The van der Waals surface area contributed by atoms with Crippen LogP contribution >= 0.6 is 23.1 Å². The Labute approximate surface area is 110 Å². The molecule has 2 rings (SSSR count). The summed E-state index contributed by atoms with van der Waals surface area (Å²) in [5, 5.41) is 12.7. The minimum absolute atomic E-state index is 0.479. The van der Waals surface area contributed by atoms with E-state index in [2.05, 4.69) is 4.98 Å². The molecule has 1 aromatic heterocycles. The van der Waals surface area contributed by atoms with Crippen LogP contribution in [0.15, 0.2) is 5.38 Å². The van der Waals surface area contributed by atoms with Crippen molar-refractivity contribution in [1.29, 1.82) is 0 Å². The molecule has 1 aliphatic heterocycles. The van der Waals surface area contributed by atoms with E-state index in [4.69, 9.17) is 0 Å². The molecule has 1 atom stereocenters. The highest BCUT2D eigenvalue weighted by molar-refractivity contribution is 7.99. The topological polar surface area (TPSA) is 50.2 Å². The SMILES string of the molecule is CC(C)(C(=O)O)c1csc(C2CCCCS2)n1. The van der Waals surface area contributed by atoms with Crippen molar-refractivity contribution in [2.75, 3.05) is 5.75 Å². The van der Waals surface area contributed by atoms with Gasteiger partial charge in [-0.15, -0.1) is 11.3 Å². The van der Waals surface area contributed by atoms with Crippen molar-refractivity contribution in [3.05, 3.63) is 16.1 Å². The van der Waals surface area contributed by atoms with E-state index in [0.29, 0.717) is 10.9 Å². The van der Waals surface area contributed by atoms with Crippen LogP contribution in [0, 0.1) is 0 Å². The highest BCUT2D eigenvalue weighted by Crippen LogP contribution is 2.40. The molecule has 1 fully saturated rings.